The maximum Gasteiger partial charge on any atom is 0.191 e. The maximum atomic E-state index is 13.6. The third-order valence-electron chi connectivity index (χ3n) is 4.14. The Kier molecular flexibility index (Phi) is 7.80. The number of hydrogen-bond donors (Lipinski definition) is 2. The van der Waals surface area contributed by atoms with Crippen LogP contribution in [-0.2, 0) is 28.6 Å². The van der Waals surface area contributed by atoms with E-state index >= 15 is 0 Å². The van der Waals surface area contributed by atoms with Gasteiger partial charge >= 0.3 is 0 Å². The van der Waals surface area contributed by atoms with Crippen LogP contribution in [0.15, 0.2) is 47.5 Å². The van der Waals surface area contributed by atoms with Gasteiger partial charge in [-0.1, -0.05) is 24.3 Å². The molecular weight excluding hydrogens is 381 g/mol. The summed E-state index contributed by atoms with van der Waals surface area (Å²) in [6, 6.07) is 11.9. The second-order valence-corrected chi connectivity index (χ2v) is 8.54. The monoisotopic (exact) mass is 407 g/mol. The van der Waals surface area contributed by atoms with Crippen molar-refractivity contribution in [1.29, 1.82) is 0 Å². The van der Waals surface area contributed by atoms with Crippen molar-refractivity contribution in [1.82, 2.24) is 10.6 Å². The van der Waals surface area contributed by atoms with Gasteiger partial charge in [-0.25, -0.2) is 12.8 Å². The van der Waals surface area contributed by atoms with Gasteiger partial charge in [0.05, 0.1) is 12.9 Å². The van der Waals surface area contributed by atoms with Gasteiger partial charge in [0.25, 0.3) is 0 Å². The second kappa shape index (κ2) is 10.1. The molecular formula is C20H26FN3O3S. The van der Waals surface area contributed by atoms with Crippen LogP contribution in [0.3, 0.4) is 0 Å². The van der Waals surface area contributed by atoms with Gasteiger partial charge in [0.1, 0.15) is 11.6 Å². The Morgan fingerprint density at radius 3 is 2.54 bits per heavy atom. The number of halogens is 1. The lowest BCUT2D eigenvalue weighted by Gasteiger charge is -2.15. The number of benzene rings is 2. The van der Waals surface area contributed by atoms with E-state index in [1.807, 2.05) is 24.3 Å². The molecule has 2 rings (SSSR count). The molecule has 8 heteroatoms. The number of ether oxygens (including phenoxy) is 1. The summed E-state index contributed by atoms with van der Waals surface area (Å²) in [5.41, 5.74) is 2.23. The van der Waals surface area contributed by atoms with E-state index in [1.54, 1.807) is 14.2 Å². The Morgan fingerprint density at radius 2 is 1.86 bits per heavy atom. The summed E-state index contributed by atoms with van der Waals surface area (Å²) in [7, 11) is 0.0630. The molecule has 28 heavy (non-hydrogen) atoms. The number of nitrogens with one attached hydrogen (secondary N) is 2. The van der Waals surface area contributed by atoms with Crippen molar-refractivity contribution < 1.29 is 17.5 Å². The van der Waals surface area contributed by atoms with Crippen molar-refractivity contribution in [2.45, 2.75) is 18.7 Å². The fourth-order valence-corrected chi connectivity index (χ4v) is 3.65. The topological polar surface area (TPSA) is 79.8 Å². The highest BCUT2D eigenvalue weighted by Crippen LogP contribution is 2.17. The molecule has 0 bridgehead atoms. The number of guanidine groups is 1. The highest BCUT2D eigenvalue weighted by Gasteiger charge is 2.11. The van der Waals surface area contributed by atoms with Gasteiger partial charge in [-0.3, -0.25) is 4.99 Å². The first-order chi connectivity index (χ1) is 13.3. The van der Waals surface area contributed by atoms with E-state index in [4.69, 9.17) is 4.74 Å². The zero-order valence-electron chi connectivity index (χ0n) is 16.3. The maximum absolute atomic E-state index is 13.6. The van der Waals surface area contributed by atoms with Gasteiger partial charge in [-0.05, 0) is 41.3 Å². The minimum absolute atomic E-state index is 0.135. The molecule has 0 heterocycles. The van der Waals surface area contributed by atoms with Crippen LogP contribution in [0.5, 0.6) is 5.75 Å². The van der Waals surface area contributed by atoms with Gasteiger partial charge in [0.2, 0.25) is 0 Å². The lowest BCUT2D eigenvalue weighted by molar-refractivity contribution is 0.409. The highest BCUT2D eigenvalue weighted by molar-refractivity contribution is 7.89. The van der Waals surface area contributed by atoms with Crippen LogP contribution in [0, 0.1) is 5.82 Å². The summed E-state index contributed by atoms with van der Waals surface area (Å²) in [5.74, 6) is 0.833. The molecule has 0 aliphatic rings. The van der Waals surface area contributed by atoms with E-state index in [-0.39, 0.29) is 12.3 Å². The Morgan fingerprint density at radius 1 is 1.11 bits per heavy atom. The smallest absolute Gasteiger partial charge is 0.191 e. The zero-order valence-corrected chi connectivity index (χ0v) is 17.1. The van der Waals surface area contributed by atoms with E-state index in [9.17, 15) is 12.8 Å². The molecule has 2 aromatic rings. The van der Waals surface area contributed by atoms with E-state index in [1.165, 1.54) is 18.2 Å². The quantitative estimate of drug-likeness (QED) is 0.518. The standard InChI is InChI=1S/C20H26FN3O3S/c1-22-20(23-11-10-15-6-4-5-7-19(15)27-2)24-13-17-12-18(21)9-8-16(17)14-28(3,25)26/h4-9,12H,10-11,13-14H2,1-3H3,(H2,22,23,24). The number of aliphatic imine (C=N–C) groups is 1. The summed E-state index contributed by atoms with van der Waals surface area (Å²) in [5, 5.41) is 6.29. The third-order valence-corrected chi connectivity index (χ3v) is 4.97. The van der Waals surface area contributed by atoms with Gasteiger partial charge in [-0.2, -0.15) is 0 Å². The Labute approximate surface area is 165 Å². The molecule has 0 atom stereocenters. The Balaban J connectivity index is 1.96. The van der Waals surface area contributed by atoms with Crippen molar-refractivity contribution in [3.05, 3.63) is 65.0 Å². The van der Waals surface area contributed by atoms with E-state index in [0.717, 1.165) is 24.0 Å². The molecule has 0 saturated carbocycles. The fraction of sp³-hybridized carbons (Fsp3) is 0.350. The van der Waals surface area contributed by atoms with Crippen LogP contribution >= 0.6 is 0 Å². The SMILES string of the molecule is CN=C(NCCc1ccccc1OC)NCc1cc(F)ccc1CS(C)(=O)=O. The van der Waals surface area contributed by atoms with Crippen LogP contribution in [-0.4, -0.2) is 41.3 Å². The lowest BCUT2D eigenvalue weighted by atomic mass is 10.1. The van der Waals surface area contributed by atoms with E-state index < -0.39 is 15.7 Å². The first kappa shape index (κ1) is 21.7. The van der Waals surface area contributed by atoms with E-state index in [2.05, 4.69) is 15.6 Å². The molecule has 0 radical (unpaired) electrons. The highest BCUT2D eigenvalue weighted by atomic mass is 32.2. The normalized spacial score (nSPS) is 11.9. The minimum atomic E-state index is -3.22. The Bertz CT molecular complexity index is 930. The summed E-state index contributed by atoms with van der Waals surface area (Å²) in [4.78, 5) is 4.15. The first-order valence-electron chi connectivity index (χ1n) is 8.84. The molecule has 0 spiro atoms. The number of methoxy groups -OCH3 is 1. The minimum Gasteiger partial charge on any atom is -0.496 e. The molecule has 0 aliphatic heterocycles. The van der Waals surface area contributed by atoms with Gasteiger partial charge in [-0.15, -0.1) is 0 Å². The second-order valence-electron chi connectivity index (χ2n) is 6.40. The molecule has 0 aliphatic carbocycles. The average Bonchev–Trinajstić information content (AvgIpc) is 2.65. The summed E-state index contributed by atoms with van der Waals surface area (Å²) in [6.45, 7) is 0.885. The summed E-state index contributed by atoms with van der Waals surface area (Å²) < 4.78 is 42.2. The number of hydrogen-bond acceptors (Lipinski definition) is 4. The van der Waals surface area contributed by atoms with Crippen LogP contribution in [0.4, 0.5) is 4.39 Å². The van der Waals surface area contributed by atoms with Crippen LogP contribution in [0.1, 0.15) is 16.7 Å². The molecule has 0 unspecified atom stereocenters. The summed E-state index contributed by atoms with van der Waals surface area (Å²) in [6.07, 6.45) is 1.90. The van der Waals surface area contributed by atoms with Crippen molar-refractivity contribution in [2.75, 3.05) is 27.0 Å². The molecule has 0 amide bonds. The number of sulfone groups is 1. The predicted molar refractivity (Wildman–Crippen MR) is 110 cm³/mol. The number of nitrogens with zero attached hydrogens (tertiary/aromatic N) is 1. The summed E-state index contributed by atoms with van der Waals surface area (Å²) >= 11 is 0. The number of para-hydroxylation sites is 1. The van der Waals surface area contributed by atoms with Crippen LogP contribution < -0.4 is 15.4 Å². The molecule has 152 valence electrons. The molecule has 2 N–H and O–H groups in total. The zero-order chi connectivity index (χ0) is 20.6. The van der Waals surface area contributed by atoms with E-state index in [0.29, 0.717) is 23.6 Å². The largest absolute Gasteiger partial charge is 0.496 e. The van der Waals surface area contributed by atoms with Gasteiger partial charge in [0.15, 0.2) is 15.8 Å². The molecule has 0 saturated heterocycles. The van der Waals surface area contributed by atoms with Crippen molar-refractivity contribution in [2.24, 2.45) is 4.99 Å². The van der Waals surface area contributed by atoms with Crippen LogP contribution in [0.2, 0.25) is 0 Å². The van der Waals surface area contributed by atoms with Gasteiger partial charge < -0.3 is 15.4 Å². The molecule has 2 aromatic carbocycles. The third kappa shape index (κ3) is 6.84. The first-order valence-corrected chi connectivity index (χ1v) is 10.9. The van der Waals surface area contributed by atoms with Crippen molar-refractivity contribution in [3.8, 4) is 5.75 Å². The Hall–Kier alpha value is -2.61. The van der Waals surface area contributed by atoms with Crippen LogP contribution in [0.25, 0.3) is 0 Å². The molecule has 0 aromatic heterocycles. The van der Waals surface area contributed by atoms with Crippen molar-refractivity contribution in [3.63, 3.8) is 0 Å². The predicted octanol–water partition coefficient (Wildman–Crippen LogP) is 2.29. The lowest BCUT2D eigenvalue weighted by Crippen LogP contribution is -2.38. The molecule has 6 nitrogen and oxygen atoms in total. The average molecular weight is 408 g/mol. The molecule has 0 fully saturated rings. The fourth-order valence-electron chi connectivity index (χ4n) is 2.81. The van der Waals surface area contributed by atoms with Crippen molar-refractivity contribution >= 4 is 15.8 Å². The van der Waals surface area contributed by atoms with Gasteiger partial charge in [0, 0.05) is 26.4 Å². The number of rotatable bonds is 8.